The minimum Gasteiger partial charge on any atom is -1.00 e. The first-order valence-electron chi connectivity index (χ1n) is 12.6. The fourth-order valence-electron chi connectivity index (χ4n) is 4.79. The highest BCUT2D eigenvalue weighted by atomic mass is 127. The van der Waals surface area contributed by atoms with Gasteiger partial charge in [0, 0.05) is 26.2 Å². The Bertz CT molecular complexity index is 368. The first-order chi connectivity index (χ1) is 13.5. The van der Waals surface area contributed by atoms with E-state index in [0.717, 1.165) is 0 Å². The van der Waals surface area contributed by atoms with Gasteiger partial charge >= 0.3 is 0 Å². The molecule has 6 heteroatoms. The number of hydrogen-bond donors (Lipinski definition) is 0. The van der Waals surface area contributed by atoms with Crippen LogP contribution in [0.1, 0.15) is 65.2 Å². The van der Waals surface area contributed by atoms with Crippen LogP contribution in [0.4, 0.5) is 0 Å². The standard InChI is InChI=1S/C24H52N4.2HI/c1-5-27(3)21-17-25(18-22-27)15-13-11-9-7-8-10-12-14-16-26-19-23-28(4,6-2)24-20-26;;/h5-24H2,1-4H3;2*1H/q+2;;/p-2. The summed E-state index contributed by atoms with van der Waals surface area (Å²) in [5.41, 5.74) is 0. The monoisotopic (exact) mass is 650 g/mol. The van der Waals surface area contributed by atoms with Crippen LogP contribution < -0.4 is 48.0 Å². The summed E-state index contributed by atoms with van der Waals surface area (Å²) in [5.74, 6) is 0. The third kappa shape index (κ3) is 12.0. The lowest BCUT2D eigenvalue weighted by Crippen LogP contribution is -3.00. The van der Waals surface area contributed by atoms with E-state index in [0.29, 0.717) is 0 Å². The maximum Gasteiger partial charge on any atom is 0.0914 e. The molecule has 0 aliphatic carbocycles. The van der Waals surface area contributed by atoms with Gasteiger partial charge in [-0.3, -0.25) is 9.80 Å². The van der Waals surface area contributed by atoms with Crippen molar-refractivity contribution in [2.24, 2.45) is 0 Å². The number of hydrogen-bond acceptors (Lipinski definition) is 2. The van der Waals surface area contributed by atoms with Gasteiger partial charge in [-0.15, -0.1) is 0 Å². The second-order valence-corrected chi connectivity index (χ2v) is 10.3. The van der Waals surface area contributed by atoms with E-state index in [-0.39, 0.29) is 48.0 Å². The zero-order chi connectivity index (χ0) is 20.3. The van der Waals surface area contributed by atoms with E-state index < -0.39 is 0 Å². The average Bonchev–Trinajstić information content (AvgIpc) is 2.72. The van der Waals surface area contributed by atoms with Crippen molar-refractivity contribution in [3.05, 3.63) is 0 Å². The summed E-state index contributed by atoms with van der Waals surface area (Å²) in [6.07, 6.45) is 11.5. The molecule has 2 aliphatic heterocycles. The van der Waals surface area contributed by atoms with Crippen molar-refractivity contribution in [3.63, 3.8) is 0 Å². The molecule has 0 aromatic carbocycles. The fraction of sp³-hybridized carbons (Fsp3) is 1.00. The van der Waals surface area contributed by atoms with Gasteiger partial charge in [-0.05, 0) is 39.8 Å². The molecule has 2 saturated heterocycles. The molecule has 0 amide bonds. The van der Waals surface area contributed by atoms with Crippen molar-refractivity contribution in [1.82, 2.24) is 9.80 Å². The molecule has 0 aromatic rings. The quantitative estimate of drug-likeness (QED) is 0.126. The van der Waals surface area contributed by atoms with Gasteiger partial charge in [0.2, 0.25) is 0 Å². The summed E-state index contributed by atoms with van der Waals surface area (Å²) < 4.78 is 2.57. The molecule has 0 unspecified atom stereocenters. The van der Waals surface area contributed by atoms with Crippen LogP contribution in [0.25, 0.3) is 0 Å². The first-order valence-corrected chi connectivity index (χ1v) is 12.6. The molecule has 0 radical (unpaired) electrons. The second kappa shape index (κ2) is 16.8. The van der Waals surface area contributed by atoms with Crippen molar-refractivity contribution in [2.45, 2.75) is 65.2 Å². The molecule has 4 nitrogen and oxygen atoms in total. The molecule has 2 fully saturated rings. The molecule has 2 heterocycles. The summed E-state index contributed by atoms with van der Waals surface area (Å²) in [5, 5.41) is 0. The second-order valence-electron chi connectivity index (χ2n) is 10.3. The molecule has 0 spiro atoms. The van der Waals surface area contributed by atoms with Gasteiger partial charge in [0.15, 0.2) is 0 Å². The summed E-state index contributed by atoms with van der Waals surface area (Å²) >= 11 is 0. The molecule has 2 aliphatic rings. The number of nitrogens with zero attached hydrogens (tertiary/aromatic N) is 4. The van der Waals surface area contributed by atoms with Crippen molar-refractivity contribution in [2.75, 3.05) is 92.6 Å². The molecule has 0 atom stereocenters. The Hall–Kier alpha value is 1.30. The third-order valence-corrected chi connectivity index (χ3v) is 8.05. The maximum atomic E-state index is 2.71. The van der Waals surface area contributed by atoms with E-state index in [1.54, 1.807) is 0 Å². The molecule has 182 valence electrons. The Balaban J connectivity index is 0.00000420. The van der Waals surface area contributed by atoms with E-state index in [2.05, 4.69) is 37.7 Å². The van der Waals surface area contributed by atoms with Gasteiger partial charge in [-0.1, -0.05) is 38.5 Å². The van der Waals surface area contributed by atoms with Crippen molar-refractivity contribution < 1.29 is 56.9 Å². The number of quaternary nitrogens is 2. The lowest BCUT2D eigenvalue weighted by molar-refractivity contribution is -0.911. The maximum absolute atomic E-state index is 2.71. The molecular weight excluding hydrogens is 598 g/mol. The number of unbranched alkanes of at least 4 members (excludes halogenated alkanes) is 7. The zero-order valence-electron chi connectivity index (χ0n) is 20.7. The van der Waals surface area contributed by atoms with E-state index in [4.69, 9.17) is 0 Å². The summed E-state index contributed by atoms with van der Waals surface area (Å²) in [6, 6.07) is 0. The summed E-state index contributed by atoms with van der Waals surface area (Å²) in [4.78, 5) is 5.41. The van der Waals surface area contributed by atoms with Crippen molar-refractivity contribution >= 4 is 0 Å². The Labute approximate surface area is 223 Å². The zero-order valence-corrected chi connectivity index (χ0v) is 25.0. The van der Waals surface area contributed by atoms with Crippen LogP contribution in [0.2, 0.25) is 0 Å². The topological polar surface area (TPSA) is 6.48 Å². The van der Waals surface area contributed by atoms with Crippen molar-refractivity contribution in [1.29, 1.82) is 0 Å². The minimum absolute atomic E-state index is 0. The highest BCUT2D eigenvalue weighted by Gasteiger charge is 2.27. The van der Waals surface area contributed by atoms with E-state index in [1.165, 1.54) is 139 Å². The predicted octanol–water partition coefficient (Wildman–Crippen LogP) is -2.32. The minimum atomic E-state index is 0. The number of piperazine rings is 2. The molecule has 0 aromatic heterocycles. The van der Waals surface area contributed by atoms with Crippen LogP contribution in [0.15, 0.2) is 0 Å². The normalized spacial score (nSPS) is 21.6. The summed E-state index contributed by atoms with van der Waals surface area (Å²) in [7, 11) is 4.84. The average molecular weight is 651 g/mol. The van der Waals surface area contributed by atoms with Crippen LogP contribution >= 0.6 is 0 Å². The lowest BCUT2D eigenvalue weighted by atomic mass is 10.1. The lowest BCUT2D eigenvalue weighted by Gasteiger charge is -2.41. The molecule has 2 rings (SSSR count). The largest absolute Gasteiger partial charge is 1.00 e. The molecular formula is C24H52I2N4. The van der Waals surface area contributed by atoms with Crippen molar-refractivity contribution in [3.8, 4) is 0 Å². The molecule has 0 saturated carbocycles. The molecule has 0 bridgehead atoms. The molecule has 0 N–H and O–H groups in total. The van der Waals surface area contributed by atoms with E-state index in [1.807, 2.05) is 0 Å². The first kappa shape index (κ1) is 31.3. The smallest absolute Gasteiger partial charge is 0.0914 e. The summed E-state index contributed by atoms with van der Waals surface area (Å²) in [6.45, 7) is 20.6. The van der Waals surface area contributed by atoms with Crippen LogP contribution in [0.5, 0.6) is 0 Å². The van der Waals surface area contributed by atoms with E-state index >= 15 is 0 Å². The van der Waals surface area contributed by atoms with Crippen LogP contribution in [-0.4, -0.2) is 111 Å². The van der Waals surface area contributed by atoms with Gasteiger partial charge in [0.1, 0.15) is 0 Å². The predicted molar refractivity (Wildman–Crippen MR) is 123 cm³/mol. The van der Waals surface area contributed by atoms with E-state index in [9.17, 15) is 0 Å². The molecule has 30 heavy (non-hydrogen) atoms. The van der Waals surface area contributed by atoms with Gasteiger partial charge < -0.3 is 56.9 Å². The number of likely N-dealkylation sites (N-methyl/N-ethyl adjacent to an activating group) is 2. The van der Waals surface area contributed by atoms with Gasteiger partial charge in [-0.2, -0.15) is 0 Å². The SMILES string of the molecule is CC[N+]1(C)CCN(CCCCCCCCCCN2CC[N+](C)(CC)CC2)CC1.[I-].[I-]. The highest BCUT2D eigenvalue weighted by Crippen LogP contribution is 2.14. The Morgan fingerprint density at radius 3 is 1.03 bits per heavy atom. The fourth-order valence-corrected chi connectivity index (χ4v) is 4.79. The van der Waals surface area contributed by atoms with Gasteiger partial charge in [-0.25, -0.2) is 0 Å². The van der Waals surface area contributed by atoms with Crippen LogP contribution in [0.3, 0.4) is 0 Å². The highest BCUT2D eigenvalue weighted by molar-refractivity contribution is 4.64. The van der Waals surface area contributed by atoms with Gasteiger partial charge in [0.05, 0.1) is 53.4 Å². The van der Waals surface area contributed by atoms with Crippen LogP contribution in [0, 0.1) is 0 Å². The Kier molecular flexibility index (Phi) is 17.6. The third-order valence-electron chi connectivity index (χ3n) is 8.05. The Morgan fingerprint density at radius 2 is 0.767 bits per heavy atom. The van der Waals surface area contributed by atoms with Gasteiger partial charge in [0.25, 0.3) is 0 Å². The number of halogens is 2. The Morgan fingerprint density at radius 1 is 0.500 bits per heavy atom. The van der Waals surface area contributed by atoms with Crippen LogP contribution in [-0.2, 0) is 0 Å². The number of rotatable bonds is 13.